The predicted octanol–water partition coefficient (Wildman–Crippen LogP) is 2.41. The van der Waals surface area contributed by atoms with Crippen LogP contribution in [-0.4, -0.2) is 65.9 Å². The van der Waals surface area contributed by atoms with Gasteiger partial charge in [0.15, 0.2) is 5.16 Å². The van der Waals surface area contributed by atoms with Gasteiger partial charge in [-0.05, 0) is 36.7 Å². The standard InChI is InChI=1S/C22H29N7O2S2/c1-6-16-12(2)17-19(25-16)26-21(27-20(17)29-10-15-18(23)22(15,3)11-29)32-13-7-14(9-24-8-13)33(30,31)28(4)5/h7-9,15,18H,6,10-11,23H2,1-5H3,(H,25,26,27). The highest BCUT2D eigenvalue weighted by Crippen LogP contribution is 2.57. The van der Waals surface area contributed by atoms with Gasteiger partial charge in [-0.15, -0.1) is 0 Å². The summed E-state index contributed by atoms with van der Waals surface area (Å²) in [7, 11) is -0.568. The van der Waals surface area contributed by atoms with Crippen molar-refractivity contribution in [2.24, 2.45) is 17.1 Å². The van der Waals surface area contributed by atoms with E-state index in [-0.39, 0.29) is 16.4 Å². The smallest absolute Gasteiger partial charge is 0.244 e. The van der Waals surface area contributed by atoms with Crippen molar-refractivity contribution in [3.05, 3.63) is 29.7 Å². The number of piperidine rings is 1. The van der Waals surface area contributed by atoms with Crippen molar-refractivity contribution in [3.8, 4) is 0 Å². The SMILES string of the molecule is CCc1[nH]c2nc(Sc3cncc(S(=O)(=O)N(C)C)c3)nc(N3CC4C(N)C4(C)C3)c2c1C. The van der Waals surface area contributed by atoms with Gasteiger partial charge < -0.3 is 15.6 Å². The maximum absolute atomic E-state index is 12.5. The molecule has 3 N–H and O–H groups in total. The van der Waals surface area contributed by atoms with Gasteiger partial charge in [-0.25, -0.2) is 22.7 Å². The molecule has 33 heavy (non-hydrogen) atoms. The summed E-state index contributed by atoms with van der Waals surface area (Å²) in [5, 5.41) is 1.61. The van der Waals surface area contributed by atoms with E-state index in [4.69, 9.17) is 15.7 Å². The van der Waals surface area contributed by atoms with Gasteiger partial charge in [-0.2, -0.15) is 0 Å². The van der Waals surface area contributed by atoms with Crippen LogP contribution < -0.4 is 10.6 Å². The Morgan fingerprint density at radius 1 is 1.33 bits per heavy atom. The summed E-state index contributed by atoms with van der Waals surface area (Å²) in [6.07, 6.45) is 3.87. The highest BCUT2D eigenvalue weighted by atomic mass is 32.2. The normalized spacial score (nSPS) is 24.6. The highest BCUT2D eigenvalue weighted by Gasteiger charge is 2.64. The summed E-state index contributed by atoms with van der Waals surface area (Å²) in [4.78, 5) is 20.5. The van der Waals surface area contributed by atoms with Crippen molar-refractivity contribution in [1.82, 2.24) is 24.2 Å². The second-order valence-electron chi connectivity index (χ2n) is 9.40. The summed E-state index contributed by atoms with van der Waals surface area (Å²) in [5.74, 6) is 1.40. The maximum Gasteiger partial charge on any atom is 0.244 e. The zero-order valence-corrected chi connectivity index (χ0v) is 21.1. The van der Waals surface area contributed by atoms with E-state index in [1.165, 1.54) is 41.9 Å². The van der Waals surface area contributed by atoms with Gasteiger partial charge in [0.1, 0.15) is 16.4 Å². The number of anilines is 1. The number of aryl methyl sites for hydroxylation is 2. The molecular weight excluding hydrogens is 458 g/mol. The van der Waals surface area contributed by atoms with Crippen LogP contribution in [0.3, 0.4) is 0 Å². The predicted molar refractivity (Wildman–Crippen MR) is 129 cm³/mol. The summed E-state index contributed by atoms with van der Waals surface area (Å²) in [6.45, 7) is 8.24. The van der Waals surface area contributed by atoms with Crippen molar-refractivity contribution in [1.29, 1.82) is 0 Å². The van der Waals surface area contributed by atoms with Crippen LogP contribution in [0.15, 0.2) is 33.4 Å². The monoisotopic (exact) mass is 487 g/mol. The summed E-state index contributed by atoms with van der Waals surface area (Å²) >= 11 is 1.31. The number of sulfonamides is 1. The molecule has 0 spiro atoms. The fourth-order valence-electron chi connectivity index (χ4n) is 4.91. The molecule has 2 aliphatic rings. The lowest BCUT2D eigenvalue weighted by molar-refractivity contribution is 0.520. The van der Waals surface area contributed by atoms with Crippen LogP contribution in [0.4, 0.5) is 5.82 Å². The molecule has 1 saturated heterocycles. The minimum absolute atomic E-state index is 0.140. The Balaban J connectivity index is 1.55. The van der Waals surface area contributed by atoms with Gasteiger partial charge in [0.05, 0.1) is 5.39 Å². The molecule has 0 radical (unpaired) electrons. The van der Waals surface area contributed by atoms with Crippen LogP contribution in [0.2, 0.25) is 0 Å². The fraction of sp³-hybridized carbons (Fsp3) is 0.500. The Labute approximate surface area is 198 Å². The molecule has 0 bridgehead atoms. The summed E-state index contributed by atoms with van der Waals surface area (Å²) in [6, 6.07) is 1.87. The third kappa shape index (κ3) is 3.52. The summed E-state index contributed by atoms with van der Waals surface area (Å²) in [5.41, 5.74) is 9.56. The first kappa shape index (κ1) is 22.6. The minimum atomic E-state index is -3.58. The molecular formula is C22H29N7O2S2. The van der Waals surface area contributed by atoms with Gasteiger partial charge >= 0.3 is 0 Å². The molecule has 3 aromatic heterocycles. The number of aromatic amines is 1. The first-order chi connectivity index (χ1) is 15.6. The third-order valence-corrected chi connectivity index (χ3v) is 9.78. The van der Waals surface area contributed by atoms with E-state index in [2.05, 4.69) is 35.6 Å². The average molecular weight is 488 g/mol. The van der Waals surface area contributed by atoms with Gasteiger partial charge in [0.25, 0.3) is 0 Å². The first-order valence-corrected chi connectivity index (χ1v) is 13.3. The molecule has 1 saturated carbocycles. The Morgan fingerprint density at radius 2 is 2.09 bits per heavy atom. The number of pyridine rings is 1. The molecule has 3 aromatic rings. The van der Waals surface area contributed by atoms with Gasteiger partial charge in [-0.3, -0.25) is 4.98 Å². The quantitative estimate of drug-likeness (QED) is 0.509. The number of rotatable bonds is 6. The van der Waals surface area contributed by atoms with Gasteiger partial charge in [0.2, 0.25) is 10.0 Å². The average Bonchev–Trinajstić information content (AvgIpc) is 3.08. The van der Waals surface area contributed by atoms with Crippen molar-refractivity contribution < 1.29 is 8.42 Å². The number of fused-ring (bicyclic) bond motifs is 2. The second-order valence-corrected chi connectivity index (χ2v) is 12.6. The topological polar surface area (TPSA) is 121 Å². The van der Waals surface area contributed by atoms with E-state index in [1.807, 2.05) is 0 Å². The van der Waals surface area contributed by atoms with Crippen molar-refractivity contribution in [2.75, 3.05) is 32.1 Å². The van der Waals surface area contributed by atoms with Crippen LogP contribution in [0.25, 0.3) is 11.0 Å². The zero-order chi connectivity index (χ0) is 23.7. The second kappa shape index (κ2) is 7.66. The van der Waals surface area contributed by atoms with Crippen molar-refractivity contribution in [3.63, 3.8) is 0 Å². The van der Waals surface area contributed by atoms with Crippen LogP contribution in [0, 0.1) is 18.3 Å². The van der Waals surface area contributed by atoms with E-state index in [0.717, 1.165) is 42.1 Å². The molecule has 2 fully saturated rings. The van der Waals surface area contributed by atoms with Crippen molar-refractivity contribution in [2.45, 2.75) is 48.2 Å². The van der Waals surface area contributed by atoms with Crippen LogP contribution in [0.1, 0.15) is 25.1 Å². The molecule has 5 rings (SSSR count). The number of aromatic nitrogens is 4. The molecule has 3 unspecified atom stereocenters. The lowest BCUT2D eigenvalue weighted by atomic mass is 10.1. The van der Waals surface area contributed by atoms with Crippen LogP contribution >= 0.6 is 11.8 Å². The van der Waals surface area contributed by atoms with E-state index < -0.39 is 10.0 Å². The number of nitrogens with one attached hydrogen (secondary N) is 1. The number of H-pyrrole nitrogens is 1. The number of hydrogen-bond acceptors (Lipinski definition) is 8. The zero-order valence-electron chi connectivity index (χ0n) is 19.5. The Bertz CT molecular complexity index is 1350. The Kier molecular flexibility index (Phi) is 5.24. The molecule has 176 valence electrons. The fourth-order valence-corrected chi connectivity index (χ4v) is 6.66. The lowest BCUT2D eigenvalue weighted by Gasteiger charge is -2.23. The molecule has 1 aliphatic carbocycles. The third-order valence-electron chi connectivity index (χ3n) is 7.18. The first-order valence-electron chi connectivity index (χ1n) is 11.0. The Hall–Kier alpha value is -2.21. The number of nitrogens with two attached hydrogens (primary N) is 1. The highest BCUT2D eigenvalue weighted by molar-refractivity contribution is 7.99. The largest absolute Gasteiger partial charge is 0.355 e. The van der Waals surface area contributed by atoms with E-state index >= 15 is 0 Å². The molecule has 1 aliphatic heterocycles. The van der Waals surface area contributed by atoms with Gasteiger partial charge in [0, 0.05) is 67.5 Å². The summed E-state index contributed by atoms with van der Waals surface area (Å²) < 4.78 is 26.2. The molecule has 4 heterocycles. The molecule has 0 amide bonds. The minimum Gasteiger partial charge on any atom is -0.355 e. The Morgan fingerprint density at radius 3 is 2.73 bits per heavy atom. The molecule has 11 heteroatoms. The maximum atomic E-state index is 12.5. The molecule has 0 aromatic carbocycles. The molecule has 3 atom stereocenters. The molecule has 9 nitrogen and oxygen atoms in total. The van der Waals surface area contributed by atoms with Crippen molar-refractivity contribution >= 4 is 38.6 Å². The van der Waals surface area contributed by atoms with Crippen LogP contribution in [-0.2, 0) is 16.4 Å². The lowest BCUT2D eigenvalue weighted by Crippen LogP contribution is -2.31. The van der Waals surface area contributed by atoms with Gasteiger partial charge in [-0.1, -0.05) is 13.8 Å². The van der Waals surface area contributed by atoms with Crippen LogP contribution in [0.5, 0.6) is 0 Å². The number of nitrogens with zero attached hydrogens (tertiary/aromatic N) is 5. The van der Waals surface area contributed by atoms with E-state index in [9.17, 15) is 8.42 Å². The van der Waals surface area contributed by atoms with E-state index in [1.54, 1.807) is 12.3 Å². The van der Waals surface area contributed by atoms with E-state index in [0.29, 0.717) is 16.0 Å². The number of hydrogen-bond donors (Lipinski definition) is 2.